The molecule has 0 heterocycles. The van der Waals surface area contributed by atoms with E-state index in [-0.39, 0.29) is 14.9 Å². The molecule has 0 aromatic carbocycles. The van der Waals surface area contributed by atoms with Gasteiger partial charge in [0.2, 0.25) is 0 Å². The molecule has 1 N–H and O–H groups in total. The first-order chi connectivity index (χ1) is 5.11. The highest BCUT2D eigenvalue weighted by molar-refractivity contribution is 6.60. The van der Waals surface area contributed by atoms with Gasteiger partial charge < -0.3 is 5.11 Å². The van der Waals surface area contributed by atoms with Gasteiger partial charge in [0.05, 0.1) is 14.9 Å². The summed E-state index contributed by atoms with van der Waals surface area (Å²) in [5.41, 5.74) is 0.773. The molecular formula is C9H21OSi. The number of rotatable bonds is 5. The van der Waals surface area contributed by atoms with Crippen LogP contribution in [0.1, 0.15) is 34.1 Å². The lowest BCUT2D eigenvalue weighted by Crippen LogP contribution is -2.19. The van der Waals surface area contributed by atoms with Gasteiger partial charge in [0, 0.05) is 0 Å². The molecule has 0 aliphatic carbocycles. The van der Waals surface area contributed by atoms with Gasteiger partial charge in [0.15, 0.2) is 0 Å². The zero-order valence-corrected chi connectivity index (χ0v) is 9.22. The molecule has 0 rings (SSSR count). The van der Waals surface area contributed by atoms with Crippen molar-refractivity contribution in [3.8, 4) is 0 Å². The van der Waals surface area contributed by atoms with Gasteiger partial charge in [-0.25, -0.2) is 0 Å². The summed E-state index contributed by atoms with van der Waals surface area (Å²) < 4.78 is 0. The monoisotopic (exact) mass is 173 g/mol. The second-order valence-electron chi connectivity index (χ2n) is 3.35. The van der Waals surface area contributed by atoms with Crippen molar-refractivity contribution in [3.63, 3.8) is 0 Å². The quantitative estimate of drug-likeness (QED) is 0.634. The number of aliphatic hydroxyl groups is 1. The lowest BCUT2D eigenvalue weighted by atomic mass is 10.2. The summed E-state index contributed by atoms with van der Waals surface area (Å²) in [5.74, 6) is 0. The smallest absolute Gasteiger partial charge is 0.0511 e. The van der Waals surface area contributed by atoms with Gasteiger partial charge in [-0.2, -0.15) is 0 Å². The minimum atomic E-state index is -0.156. The van der Waals surface area contributed by atoms with E-state index in [1.807, 2.05) is 6.92 Å². The Labute approximate surface area is 72.4 Å². The normalized spacial score (nSPS) is 16.9. The summed E-state index contributed by atoms with van der Waals surface area (Å²) >= 11 is 0. The molecular weight excluding hydrogens is 152 g/mol. The summed E-state index contributed by atoms with van der Waals surface area (Å²) in [5, 5.41) is 9.18. The van der Waals surface area contributed by atoms with Crippen LogP contribution in [0.15, 0.2) is 0 Å². The van der Waals surface area contributed by atoms with Crippen LogP contribution in [-0.2, 0) is 0 Å². The van der Waals surface area contributed by atoms with Crippen LogP contribution in [0.2, 0.25) is 17.6 Å². The maximum absolute atomic E-state index is 9.18. The second kappa shape index (κ2) is 5.78. The first-order valence-corrected chi connectivity index (χ1v) is 6.63. The standard InChI is InChI=1S/C9H21OSi/c1-5-11(6-2)9(4)7-8(3)10/h8-10H,5-7H2,1-4H3. The Balaban J connectivity index is 3.68. The van der Waals surface area contributed by atoms with Gasteiger partial charge in [0.1, 0.15) is 0 Å². The van der Waals surface area contributed by atoms with Crippen LogP contribution in [0.3, 0.4) is 0 Å². The molecule has 0 aromatic rings. The minimum Gasteiger partial charge on any atom is -0.393 e. The summed E-state index contributed by atoms with van der Waals surface area (Å²) in [7, 11) is -0.156. The maximum atomic E-state index is 9.18. The lowest BCUT2D eigenvalue weighted by molar-refractivity contribution is 0.183. The van der Waals surface area contributed by atoms with Gasteiger partial charge in [-0.3, -0.25) is 0 Å². The van der Waals surface area contributed by atoms with E-state index >= 15 is 0 Å². The fourth-order valence-corrected chi connectivity index (χ4v) is 4.19. The molecule has 0 saturated heterocycles. The third-order valence-electron chi connectivity index (χ3n) is 2.30. The fraction of sp³-hybridized carbons (Fsp3) is 1.00. The van der Waals surface area contributed by atoms with Crippen LogP contribution >= 0.6 is 0 Å². The predicted molar refractivity (Wildman–Crippen MR) is 52.4 cm³/mol. The summed E-state index contributed by atoms with van der Waals surface area (Å²) in [6.45, 7) is 8.72. The first kappa shape index (κ1) is 11.2. The van der Waals surface area contributed by atoms with Crippen LogP contribution < -0.4 is 0 Å². The predicted octanol–water partition coefficient (Wildman–Crippen LogP) is 2.68. The molecule has 2 heteroatoms. The molecule has 0 spiro atoms. The Morgan fingerprint density at radius 1 is 1.18 bits per heavy atom. The molecule has 0 aromatic heterocycles. The largest absolute Gasteiger partial charge is 0.393 e. The van der Waals surface area contributed by atoms with Crippen LogP contribution in [0.5, 0.6) is 0 Å². The highest BCUT2D eigenvalue weighted by Crippen LogP contribution is 2.21. The van der Waals surface area contributed by atoms with Crippen molar-refractivity contribution in [3.05, 3.63) is 0 Å². The summed E-state index contributed by atoms with van der Waals surface area (Å²) in [4.78, 5) is 0. The molecule has 0 aliphatic rings. The SMILES string of the molecule is CC[Si](CC)C(C)CC(C)O. The molecule has 0 bridgehead atoms. The van der Waals surface area contributed by atoms with E-state index < -0.39 is 0 Å². The molecule has 1 nitrogen and oxygen atoms in total. The maximum Gasteiger partial charge on any atom is 0.0511 e. The lowest BCUT2D eigenvalue weighted by Gasteiger charge is -2.20. The van der Waals surface area contributed by atoms with Crippen molar-refractivity contribution in [2.75, 3.05) is 0 Å². The zero-order chi connectivity index (χ0) is 8.85. The Morgan fingerprint density at radius 2 is 1.64 bits per heavy atom. The van der Waals surface area contributed by atoms with Gasteiger partial charge in [-0.1, -0.05) is 32.9 Å². The van der Waals surface area contributed by atoms with E-state index in [1.54, 1.807) is 0 Å². The van der Waals surface area contributed by atoms with Crippen LogP contribution in [-0.4, -0.2) is 20.0 Å². The average Bonchev–Trinajstić information content (AvgIpc) is 1.88. The Bertz CT molecular complexity index is 89.6. The topological polar surface area (TPSA) is 20.2 Å². The number of hydrogen-bond acceptors (Lipinski definition) is 1. The molecule has 0 aliphatic heterocycles. The van der Waals surface area contributed by atoms with Crippen molar-refractivity contribution < 1.29 is 5.11 Å². The van der Waals surface area contributed by atoms with Gasteiger partial charge >= 0.3 is 0 Å². The molecule has 11 heavy (non-hydrogen) atoms. The highest BCUT2D eigenvalue weighted by Gasteiger charge is 2.16. The summed E-state index contributed by atoms with van der Waals surface area (Å²) in [6.07, 6.45) is 0.888. The van der Waals surface area contributed by atoms with Crippen LogP contribution in [0, 0.1) is 0 Å². The van der Waals surface area contributed by atoms with Crippen molar-refractivity contribution in [1.29, 1.82) is 0 Å². The van der Waals surface area contributed by atoms with E-state index in [2.05, 4.69) is 20.8 Å². The van der Waals surface area contributed by atoms with E-state index in [1.165, 1.54) is 12.1 Å². The fourth-order valence-electron chi connectivity index (χ4n) is 1.63. The van der Waals surface area contributed by atoms with Crippen molar-refractivity contribution >= 4 is 8.80 Å². The van der Waals surface area contributed by atoms with Crippen molar-refractivity contribution in [1.82, 2.24) is 0 Å². The van der Waals surface area contributed by atoms with Crippen LogP contribution in [0.25, 0.3) is 0 Å². The molecule has 67 valence electrons. The molecule has 2 unspecified atom stereocenters. The number of aliphatic hydroxyl groups excluding tert-OH is 1. The van der Waals surface area contributed by atoms with Gasteiger partial charge in [-0.15, -0.1) is 0 Å². The average molecular weight is 173 g/mol. The summed E-state index contributed by atoms with van der Waals surface area (Å²) in [6, 6.07) is 2.68. The van der Waals surface area contributed by atoms with E-state index in [4.69, 9.17) is 0 Å². The van der Waals surface area contributed by atoms with Gasteiger partial charge in [-0.05, 0) is 18.9 Å². The van der Waals surface area contributed by atoms with Crippen molar-refractivity contribution in [2.24, 2.45) is 0 Å². The number of hydrogen-bond donors (Lipinski definition) is 1. The molecule has 1 radical (unpaired) electrons. The van der Waals surface area contributed by atoms with E-state index in [0.717, 1.165) is 12.0 Å². The van der Waals surface area contributed by atoms with Crippen molar-refractivity contribution in [2.45, 2.75) is 57.8 Å². The molecule has 0 amide bonds. The highest BCUT2D eigenvalue weighted by atomic mass is 28.3. The third-order valence-corrected chi connectivity index (χ3v) is 5.75. The second-order valence-corrected chi connectivity index (χ2v) is 7.07. The third kappa shape index (κ3) is 4.59. The van der Waals surface area contributed by atoms with E-state index in [9.17, 15) is 5.11 Å². The van der Waals surface area contributed by atoms with Gasteiger partial charge in [0.25, 0.3) is 0 Å². The van der Waals surface area contributed by atoms with Crippen LogP contribution in [0.4, 0.5) is 0 Å². The molecule has 0 fully saturated rings. The Kier molecular flexibility index (Phi) is 5.87. The molecule has 0 saturated carbocycles. The zero-order valence-electron chi connectivity index (χ0n) is 8.22. The van der Waals surface area contributed by atoms with E-state index in [0.29, 0.717) is 0 Å². The minimum absolute atomic E-state index is 0.108. The first-order valence-electron chi connectivity index (χ1n) is 4.64. The Morgan fingerprint density at radius 3 is 1.91 bits per heavy atom. The Hall–Kier alpha value is 0.177. The molecule has 2 atom stereocenters.